The van der Waals surface area contributed by atoms with Crippen LogP contribution in [0.25, 0.3) is 11.4 Å². The minimum Gasteiger partial charge on any atom is -0.334 e. The average Bonchev–Trinajstić information content (AvgIpc) is 2.58. The van der Waals surface area contributed by atoms with E-state index in [2.05, 4.69) is 9.97 Å². The van der Waals surface area contributed by atoms with Crippen LogP contribution in [0.1, 0.15) is 0 Å². The lowest BCUT2D eigenvalue weighted by Crippen LogP contribution is -2.00. The van der Waals surface area contributed by atoms with E-state index in [1.165, 1.54) is 10.8 Å². The Hall–Kier alpha value is -1.85. The van der Waals surface area contributed by atoms with Gasteiger partial charge in [-0.25, -0.2) is 9.37 Å². The minimum absolute atomic E-state index is 0.165. The van der Waals surface area contributed by atoms with E-state index in [9.17, 15) is 13.2 Å². The lowest BCUT2D eigenvalue weighted by atomic mass is 10.2. The molecule has 0 N–H and O–H groups in total. The molecule has 0 saturated carbocycles. The predicted molar refractivity (Wildman–Crippen MR) is 46.3 cm³/mol. The van der Waals surface area contributed by atoms with Crippen molar-refractivity contribution in [3.63, 3.8) is 0 Å². The number of aromatic nitrogens is 3. The van der Waals surface area contributed by atoms with Crippen LogP contribution >= 0.6 is 0 Å². The second kappa shape index (κ2) is 3.38. The Kier molecular flexibility index (Phi) is 2.18. The molecule has 2 heterocycles. The SMILES string of the molecule is Cn1ccnc1-c1cc(F)c(F)nc1F. The van der Waals surface area contributed by atoms with Crippen molar-refractivity contribution < 1.29 is 13.2 Å². The third-order valence-corrected chi connectivity index (χ3v) is 1.95. The lowest BCUT2D eigenvalue weighted by Gasteiger charge is -2.03. The number of pyridine rings is 1. The molecule has 0 radical (unpaired) electrons. The molecule has 0 amide bonds. The van der Waals surface area contributed by atoms with Crippen LogP contribution in [0.3, 0.4) is 0 Å². The monoisotopic (exact) mass is 213 g/mol. The molecular formula is C9H6F3N3. The van der Waals surface area contributed by atoms with Gasteiger partial charge in [-0.15, -0.1) is 0 Å². The zero-order chi connectivity index (χ0) is 11.0. The molecule has 0 aliphatic rings. The molecule has 0 aliphatic heterocycles. The molecule has 0 spiro atoms. The molecule has 0 aliphatic carbocycles. The fourth-order valence-corrected chi connectivity index (χ4v) is 1.23. The van der Waals surface area contributed by atoms with Gasteiger partial charge in [0, 0.05) is 19.4 Å². The summed E-state index contributed by atoms with van der Waals surface area (Å²) >= 11 is 0. The summed E-state index contributed by atoms with van der Waals surface area (Å²) in [7, 11) is 1.61. The number of nitrogens with zero attached hydrogens (tertiary/aromatic N) is 3. The zero-order valence-corrected chi connectivity index (χ0v) is 7.71. The van der Waals surface area contributed by atoms with Gasteiger partial charge in [-0.2, -0.15) is 13.8 Å². The highest BCUT2D eigenvalue weighted by Crippen LogP contribution is 2.20. The summed E-state index contributed by atoms with van der Waals surface area (Å²) in [5, 5.41) is 0. The summed E-state index contributed by atoms with van der Waals surface area (Å²) < 4.78 is 40.1. The first kappa shape index (κ1) is 9.70. The summed E-state index contributed by atoms with van der Waals surface area (Å²) in [5.74, 6) is -3.54. The highest BCUT2D eigenvalue weighted by molar-refractivity contribution is 5.54. The summed E-state index contributed by atoms with van der Waals surface area (Å²) in [6.07, 6.45) is 2.99. The van der Waals surface area contributed by atoms with Crippen LogP contribution in [0.4, 0.5) is 13.2 Å². The average molecular weight is 213 g/mol. The summed E-state index contributed by atoms with van der Waals surface area (Å²) in [4.78, 5) is 6.62. The maximum absolute atomic E-state index is 13.2. The number of imidazole rings is 1. The Morgan fingerprint density at radius 3 is 2.53 bits per heavy atom. The van der Waals surface area contributed by atoms with Gasteiger partial charge in [0.25, 0.3) is 5.95 Å². The number of halogens is 3. The van der Waals surface area contributed by atoms with Crippen LogP contribution in [-0.2, 0) is 7.05 Å². The number of hydrogen-bond acceptors (Lipinski definition) is 2. The van der Waals surface area contributed by atoms with Crippen LogP contribution in [0, 0.1) is 17.7 Å². The van der Waals surface area contributed by atoms with Crippen LogP contribution in [-0.4, -0.2) is 14.5 Å². The lowest BCUT2D eigenvalue weighted by molar-refractivity contribution is 0.448. The van der Waals surface area contributed by atoms with Crippen molar-refractivity contribution >= 4 is 0 Å². The molecule has 0 bridgehead atoms. The van der Waals surface area contributed by atoms with Crippen LogP contribution in [0.2, 0.25) is 0 Å². The molecule has 3 nitrogen and oxygen atoms in total. The van der Waals surface area contributed by atoms with Crippen molar-refractivity contribution in [3.8, 4) is 11.4 Å². The molecule has 0 atom stereocenters. The van der Waals surface area contributed by atoms with Gasteiger partial charge in [0.2, 0.25) is 5.95 Å². The first-order valence-corrected chi connectivity index (χ1v) is 4.09. The van der Waals surface area contributed by atoms with Crippen molar-refractivity contribution in [2.24, 2.45) is 7.05 Å². The van der Waals surface area contributed by atoms with Gasteiger partial charge in [-0.3, -0.25) is 0 Å². The second-order valence-electron chi connectivity index (χ2n) is 2.96. The third kappa shape index (κ3) is 1.58. The molecule has 0 saturated heterocycles. The number of hydrogen-bond donors (Lipinski definition) is 0. The molecule has 2 aromatic heterocycles. The number of aryl methyl sites for hydroxylation is 1. The first-order chi connectivity index (χ1) is 7.09. The topological polar surface area (TPSA) is 30.7 Å². The standard InChI is InChI=1S/C9H6F3N3/c1-15-3-2-13-9(15)5-4-6(10)8(12)14-7(5)11/h2-4H,1H3. The summed E-state index contributed by atoms with van der Waals surface area (Å²) in [6.45, 7) is 0. The van der Waals surface area contributed by atoms with E-state index in [-0.39, 0.29) is 11.4 Å². The molecule has 0 fully saturated rings. The van der Waals surface area contributed by atoms with E-state index in [1.807, 2.05) is 0 Å². The molecule has 2 aromatic rings. The molecule has 15 heavy (non-hydrogen) atoms. The molecule has 0 aromatic carbocycles. The van der Waals surface area contributed by atoms with Gasteiger partial charge in [0.15, 0.2) is 5.82 Å². The van der Waals surface area contributed by atoms with E-state index in [1.54, 1.807) is 13.2 Å². The molecule has 6 heteroatoms. The Labute approximate surface area is 83.2 Å². The second-order valence-corrected chi connectivity index (χ2v) is 2.96. The largest absolute Gasteiger partial charge is 0.334 e. The van der Waals surface area contributed by atoms with Crippen molar-refractivity contribution in [2.75, 3.05) is 0 Å². The quantitative estimate of drug-likeness (QED) is 0.677. The van der Waals surface area contributed by atoms with E-state index < -0.39 is 17.7 Å². The Morgan fingerprint density at radius 2 is 1.93 bits per heavy atom. The van der Waals surface area contributed by atoms with E-state index >= 15 is 0 Å². The highest BCUT2D eigenvalue weighted by atomic mass is 19.2. The van der Waals surface area contributed by atoms with E-state index in [0.29, 0.717) is 0 Å². The fraction of sp³-hybridized carbons (Fsp3) is 0.111. The predicted octanol–water partition coefficient (Wildman–Crippen LogP) is 1.90. The van der Waals surface area contributed by atoms with Crippen LogP contribution in [0.5, 0.6) is 0 Å². The molecular weight excluding hydrogens is 207 g/mol. The Bertz CT molecular complexity index is 507. The van der Waals surface area contributed by atoms with E-state index in [0.717, 1.165) is 6.07 Å². The van der Waals surface area contributed by atoms with Crippen molar-refractivity contribution in [3.05, 3.63) is 36.2 Å². The first-order valence-electron chi connectivity index (χ1n) is 4.09. The van der Waals surface area contributed by atoms with Gasteiger partial charge >= 0.3 is 0 Å². The molecule has 78 valence electrons. The Balaban J connectivity index is 2.64. The van der Waals surface area contributed by atoms with Crippen molar-refractivity contribution in [1.82, 2.24) is 14.5 Å². The Morgan fingerprint density at radius 1 is 1.20 bits per heavy atom. The van der Waals surface area contributed by atoms with Crippen LogP contribution in [0.15, 0.2) is 18.5 Å². The van der Waals surface area contributed by atoms with Gasteiger partial charge in [-0.05, 0) is 6.07 Å². The van der Waals surface area contributed by atoms with Crippen molar-refractivity contribution in [2.45, 2.75) is 0 Å². The van der Waals surface area contributed by atoms with E-state index in [4.69, 9.17) is 0 Å². The maximum Gasteiger partial charge on any atom is 0.251 e. The molecule has 0 unspecified atom stereocenters. The maximum atomic E-state index is 13.2. The normalized spacial score (nSPS) is 10.7. The van der Waals surface area contributed by atoms with Gasteiger partial charge < -0.3 is 4.57 Å². The number of rotatable bonds is 1. The van der Waals surface area contributed by atoms with Crippen molar-refractivity contribution in [1.29, 1.82) is 0 Å². The third-order valence-electron chi connectivity index (χ3n) is 1.95. The van der Waals surface area contributed by atoms with Gasteiger partial charge in [-0.1, -0.05) is 0 Å². The minimum atomic E-state index is -1.45. The molecule has 2 rings (SSSR count). The zero-order valence-electron chi connectivity index (χ0n) is 7.71. The summed E-state index contributed by atoms with van der Waals surface area (Å²) in [5.41, 5.74) is -0.165. The van der Waals surface area contributed by atoms with Crippen LogP contribution < -0.4 is 0 Å². The van der Waals surface area contributed by atoms with Gasteiger partial charge in [0.05, 0.1) is 5.56 Å². The fourth-order valence-electron chi connectivity index (χ4n) is 1.23. The summed E-state index contributed by atoms with van der Waals surface area (Å²) in [6, 6.07) is 0.736. The van der Waals surface area contributed by atoms with Gasteiger partial charge in [0.1, 0.15) is 5.82 Å². The highest BCUT2D eigenvalue weighted by Gasteiger charge is 2.15. The smallest absolute Gasteiger partial charge is 0.251 e.